The third-order valence-electron chi connectivity index (χ3n) is 13.2. The number of hydrogen-bond acceptors (Lipinski definition) is 5. The summed E-state index contributed by atoms with van der Waals surface area (Å²) in [4.78, 5) is 15.5. The van der Waals surface area contributed by atoms with Crippen LogP contribution in [-0.2, 0) is 5.41 Å². The summed E-state index contributed by atoms with van der Waals surface area (Å²) in [6, 6.07) is 75.9. The molecule has 0 fully saturated rings. The summed E-state index contributed by atoms with van der Waals surface area (Å²) in [5, 5.41) is 11.8. The van der Waals surface area contributed by atoms with Crippen LogP contribution in [0.25, 0.3) is 98.8 Å². The highest BCUT2D eigenvalue weighted by atomic mass is 32.1. The number of nitriles is 1. The standard InChI is InChI=1S/C59H34N4S/c60-35-36-30-31-53-49(32-36)47-25-13-26-48(55(47)64-53)58-62-56(37-14-2-1-3-15-37)61-57(63-58)41-19-11-17-39(34-41)38-16-10-18-40(33-38)42-23-12-24-46-45-22-6-9-29-52(45)59(54(42)46)50-27-7-4-20-43(50)44-21-5-8-28-51(44)59/h1-34H. The quantitative estimate of drug-likeness (QED) is 0.173. The van der Waals surface area contributed by atoms with Gasteiger partial charge in [-0.2, -0.15) is 5.26 Å². The monoisotopic (exact) mass is 830 g/mol. The van der Waals surface area contributed by atoms with E-state index in [1.165, 1.54) is 55.6 Å². The lowest BCUT2D eigenvalue weighted by molar-refractivity contribution is 0.796. The van der Waals surface area contributed by atoms with Gasteiger partial charge in [0.25, 0.3) is 0 Å². The molecule has 296 valence electrons. The van der Waals surface area contributed by atoms with Gasteiger partial charge in [0.05, 0.1) is 17.0 Å². The smallest absolute Gasteiger partial charge is 0.165 e. The van der Waals surface area contributed by atoms with E-state index in [0.717, 1.165) is 48.0 Å². The maximum Gasteiger partial charge on any atom is 0.165 e. The first-order valence-electron chi connectivity index (χ1n) is 21.5. The van der Waals surface area contributed by atoms with Gasteiger partial charge in [0.1, 0.15) is 0 Å². The Balaban J connectivity index is 0.958. The Bertz CT molecular complexity index is 3700. The van der Waals surface area contributed by atoms with Crippen LogP contribution in [0.3, 0.4) is 0 Å². The molecule has 0 aliphatic heterocycles. The number of aromatic nitrogens is 3. The van der Waals surface area contributed by atoms with Crippen LogP contribution in [0, 0.1) is 11.3 Å². The zero-order valence-electron chi connectivity index (χ0n) is 34.3. The Labute approximate surface area is 374 Å². The summed E-state index contributed by atoms with van der Waals surface area (Å²) < 4.78 is 2.20. The maximum absolute atomic E-state index is 9.66. The minimum Gasteiger partial charge on any atom is -0.208 e. The van der Waals surface area contributed by atoms with Gasteiger partial charge in [-0.15, -0.1) is 11.3 Å². The molecule has 2 aliphatic carbocycles. The van der Waals surface area contributed by atoms with E-state index in [2.05, 4.69) is 164 Å². The molecule has 2 aliphatic rings. The Morgan fingerprint density at radius 3 is 1.58 bits per heavy atom. The second-order valence-electron chi connectivity index (χ2n) is 16.6. The second kappa shape index (κ2) is 14.1. The van der Waals surface area contributed by atoms with E-state index in [1.807, 2.05) is 48.5 Å². The van der Waals surface area contributed by atoms with Crippen molar-refractivity contribution < 1.29 is 0 Å². The van der Waals surface area contributed by atoms with Crippen molar-refractivity contribution in [2.75, 3.05) is 0 Å². The van der Waals surface area contributed by atoms with Crippen molar-refractivity contribution in [1.82, 2.24) is 15.0 Å². The van der Waals surface area contributed by atoms with Crippen molar-refractivity contribution in [3.8, 4) is 84.7 Å². The van der Waals surface area contributed by atoms with Crippen LogP contribution in [-0.4, -0.2) is 15.0 Å². The van der Waals surface area contributed by atoms with Gasteiger partial charge in [-0.3, -0.25) is 0 Å². The van der Waals surface area contributed by atoms with Crippen LogP contribution in [0.2, 0.25) is 0 Å². The third-order valence-corrected chi connectivity index (χ3v) is 14.4. The van der Waals surface area contributed by atoms with Crippen LogP contribution >= 0.6 is 11.3 Å². The lowest BCUT2D eigenvalue weighted by atomic mass is 9.68. The van der Waals surface area contributed by atoms with E-state index in [9.17, 15) is 5.26 Å². The molecule has 0 radical (unpaired) electrons. The average molecular weight is 831 g/mol. The zero-order valence-corrected chi connectivity index (χ0v) is 35.1. The first kappa shape index (κ1) is 36.4. The number of rotatable bonds is 5. The Kier molecular flexibility index (Phi) is 8.02. The zero-order chi connectivity index (χ0) is 42.4. The third kappa shape index (κ3) is 5.30. The highest BCUT2D eigenvalue weighted by Gasteiger charge is 2.52. The first-order chi connectivity index (χ1) is 31.7. The number of nitrogens with zero attached hydrogens (tertiary/aromatic N) is 4. The molecule has 64 heavy (non-hydrogen) atoms. The molecule has 5 heteroatoms. The number of thiophene rings is 1. The largest absolute Gasteiger partial charge is 0.208 e. The van der Waals surface area contributed by atoms with E-state index >= 15 is 0 Å². The van der Waals surface area contributed by atoms with Crippen LogP contribution in [0.5, 0.6) is 0 Å². The fraction of sp³-hybridized carbons (Fsp3) is 0.0169. The SMILES string of the molecule is N#Cc1ccc2sc3c(-c4nc(-c5ccccc5)nc(-c5cccc(-c6cccc(-c7cccc8c7C7(c9ccccc9-c9ccccc97)c7ccccc7-8)c6)c5)n4)cccc3c2c1. The van der Waals surface area contributed by atoms with Gasteiger partial charge < -0.3 is 0 Å². The lowest BCUT2D eigenvalue weighted by Crippen LogP contribution is -2.26. The normalized spacial score (nSPS) is 12.8. The van der Waals surface area contributed by atoms with Crippen molar-refractivity contribution in [3.05, 3.63) is 234 Å². The summed E-state index contributed by atoms with van der Waals surface area (Å²) in [5.74, 6) is 1.82. The summed E-state index contributed by atoms with van der Waals surface area (Å²) >= 11 is 1.70. The van der Waals surface area contributed by atoms with Crippen molar-refractivity contribution in [1.29, 1.82) is 5.26 Å². The molecular weight excluding hydrogens is 797 g/mol. The lowest BCUT2D eigenvalue weighted by Gasteiger charge is -2.32. The molecule has 1 spiro atoms. The summed E-state index contributed by atoms with van der Waals surface area (Å²) in [7, 11) is 0. The number of benzene rings is 9. The van der Waals surface area contributed by atoms with Gasteiger partial charge >= 0.3 is 0 Å². The van der Waals surface area contributed by atoms with Gasteiger partial charge in [0, 0.05) is 36.9 Å². The minimum atomic E-state index is -0.446. The molecule has 0 saturated carbocycles. The van der Waals surface area contributed by atoms with Crippen molar-refractivity contribution >= 4 is 31.5 Å². The number of fused-ring (bicyclic) bond motifs is 13. The Morgan fingerprint density at radius 1 is 0.375 bits per heavy atom. The molecule has 0 saturated heterocycles. The first-order valence-corrected chi connectivity index (χ1v) is 22.3. The molecule has 9 aromatic carbocycles. The van der Waals surface area contributed by atoms with Crippen LogP contribution in [0.4, 0.5) is 0 Å². The topological polar surface area (TPSA) is 62.5 Å². The van der Waals surface area contributed by atoms with Gasteiger partial charge in [0.15, 0.2) is 17.5 Å². The molecule has 0 N–H and O–H groups in total. The minimum absolute atomic E-state index is 0.446. The van der Waals surface area contributed by atoms with E-state index in [-0.39, 0.29) is 0 Å². The van der Waals surface area contributed by atoms with Gasteiger partial charge in [-0.05, 0) is 103 Å². The van der Waals surface area contributed by atoms with Gasteiger partial charge in [0.2, 0.25) is 0 Å². The molecule has 0 unspecified atom stereocenters. The fourth-order valence-corrected chi connectivity index (χ4v) is 11.7. The van der Waals surface area contributed by atoms with E-state index in [4.69, 9.17) is 15.0 Å². The number of hydrogen-bond donors (Lipinski definition) is 0. The predicted octanol–water partition coefficient (Wildman–Crippen LogP) is 14.8. The van der Waals surface area contributed by atoms with Crippen molar-refractivity contribution in [2.45, 2.75) is 5.41 Å². The maximum atomic E-state index is 9.66. The fourth-order valence-electron chi connectivity index (χ4n) is 10.5. The second-order valence-corrected chi connectivity index (χ2v) is 17.6. The predicted molar refractivity (Wildman–Crippen MR) is 261 cm³/mol. The molecule has 2 aromatic heterocycles. The summed E-state index contributed by atoms with van der Waals surface area (Å²) in [6.07, 6.45) is 0. The van der Waals surface area contributed by atoms with Crippen LogP contribution < -0.4 is 0 Å². The molecule has 13 rings (SSSR count). The van der Waals surface area contributed by atoms with E-state index in [1.54, 1.807) is 11.3 Å². The molecule has 0 bridgehead atoms. The summed E-state index contributed by atoms with van der Waals surface area (Å²) in [5.41, 5.74) is 18.0. The van der Waals surface area contributed by atoms with Gasteiger partial charge in [-0.25, -0.2) is 15.0 Å². The molecular formula is C59H34N4S. The molecule has 2 heterocycles. The highest BCUT2D eigenvalue weighted by Crippen LogP contribution is 2.64. The summed E-state index contributed by atoms with van der Waals surface area (Å²) in [6.45, 7) is 0. The van der Waals surface area contributed by atoms with Crippen molar-refractivity contribution in [2.24, 2.45) is 0 Å². The molecule has 0 atom stereocenters. The Morgan fingerprint density at radius 2 is 0.875 bits per heavy atom. The van der Waals surface area contributed by atoms with Crippen LogP contribution in [0.15, 0.2) is 206 Å². The molecule has 11 aromatic rings. The van der Waals surface area contributed by atoms with E-state index in [0.29, 0.717) is 23.0 Å². The average Bonchev–Trinajstić information content (AvgIpc) is 4.00. The van der Waals surface area contributed by atoms with Crippen LogP contribution in [0.1, 0.15) is 27.8 Å². The highest BCUT2D eigenvalue weighted by molar-refractivity contribution is 7.26. The Hall–Kier alpha value is -8.30. The van der Waals surface area contributed by atoms with E-state index < -0.39 is 5.41 Å². The van der Waals surface area contributed by atoms with Gasteiger partial charge in [-0.1, -0.05) is 170 Å². The molecule has 4 nitrogen and oxygen atoms in total. The molecule has 0 amide bonds. The van der Waals surface area contributed by atoms with Crippen molar-refractivity contribution in [3.63, 3.8) is 0 Å².